The van der Waals surface area contributed by atoms with E-state index in [9.17, 15) is 9.59 Å². The molecule has 1 aliphatic carbocycles. The number of nitrogens with zero attached hydrogens (tertiary/aromatic N) is 3. The summed E-state index contributed by atoms with van der Waals surface area (Å²) in [5, 5.41) is 0.578. The van der Waals surface area contributed by atoms with Gasteiger partial charge in [0.15, 0.2) is 0 Å². The number of aryl methyl sites for hydroxylation is 1. The Balaban J connectivity index is 1.40. The Morgan fingerprint density at radius 3 is 2.28 bits per heavy atom. The van der Waals surface area contributed by atoms with Crippen LogP contribution in [0.2, 0.25) is 5.02 Å². The molecule has 2 aliphatic rings. The van der Waals surface area contributed by atoms with Crippen LogP contribution in [0.5, 0.6) is 0 Å². The maximum absolute atomic E-state index is 14.2. The first-order valence-electron chi connectivity index (χ1n) is 12.2. The van der Waals surface area contributed by atoms with E-state index in [-0.39, 0.29) is 30.4 Å². The van der Waals surface area contributed by atoms with Gasteiger partial charge in [0.25, 0.3) is 5.91 Å². The first-order valence-corrected chi connectivity index (χ1v) is 12.6. The second kappa shape index (κ2) is 8.99. The van der Waals surface area contributed by atoms with E-state index >= 15 is 0 Å². The zero-order valence-electron chi connectivity index (χ0n) is 20.0. The average molecular weight is 496 g/mol. The molecule has 4 aromatic rings. The number of hydrogen-bond donors (Lipinski definition) is 0. The molecule has 2 amide bonds. The van der Waals surface area contributed by atoms with E-state index in [1.54, 1.807) is 29.2 Å². The highest BCUT2D eigenvalue weighted by atomic mass is 35.5. The number of carbonyl (C=O) groups excluding carboxylic acids is 2. The standard InChI is InChI=1S/C30H26ClN3O2/c1-20-8-10-21(11-9-20)29-27-7-4-18-32(27)25-5-2-3-6-26(25)34(29)28(35)19-33(24-16-17-24)30(36)22-12-14-23(31)15-13-22/h2-15,18,24,29H,16-17,19H2,1H3. The summed E-state index contributed by atoms with van der Waals surface area (Å²) in [5.41, 5.74) is 5.56. The molecule has 180 valence electrons. The highest BCUT2D eigenvalue weighted by Gasteiger charge is 2.40. The fourth-order valence-corrected chi connectivity index (χ4v) is 5.19. The van der Waals surface area contributed by atoms with Crippen LogP contribution in [0.25, 0.3) is 5.69 Å². The van der Waals surface area contributed by atoms with E-state index < -0.39 is 0 Å². The molecule has 3 aromatic carbocycles. The van der Waals surface area contributed by atoms with Gasteiger partial charge < -0.3 is 9.47 Å². The summed E-state index contributed by atoms with van der Waals surface area (Å²) < 4.78 is 2.15. The van der Waals surface area contributed by atoms with Crippen LogP contribution in [0.1, 0.15) is 46.1 Å². The van der Waals surface area contributed by atoms with Crippen LogP contribution in [0.15, 0.2) is 91.1 Å². The molecule has 0 saturated heterocycles. The molecule has 0 bridgehead atoms. The number of rotatable bonds is 5. The van der Waals surface area contributed by atoms with Crippen molar-refractivity contribution in [2.24, 2.45) is 0 Å². The topological polar surface area (TPSA) is 45.6 Å². The summed E-state index contributed by atoms with van der Waals surface area (Å²) in [6.07, 6.45) is 3.86. The summed E-state index contributed by atoms with van der Waals surface area (Å²) in [4.78, 5) is 31.2. The summed E-state index contributed by atoms with van der Waals surface area (Å²) in [6, 6.07) is 27.0. The number of amides is 2. The fraction of sp³-hybridized carbons (Fsp3) is 0.200. The third kappa shape index (κ3) is 3.99. The summed E-state index contributed by atoms with van der Waals surface area (Å²) in [6.45, 7) is 2.07. The van der Waals surface area contributed by atoms with Gasteiger partial charge in [0, 0.05) is 22.8 Å². The number of benzene rings is 3. The Morgan fingerprint density at radius 2 is 1.58 bits per heavy atom. The van der Waals surface area contributed by atoms with Gasteiger partial charge in [-0.05, 0) is 73.9 Å². The molecule has 6 heteroatoms. The summed E-state index contributed by atoms with van der Waals surface area (Å²) in [7, 11) is 0. The predicted molar refractivity (Wildman–Crippen MR) is 142 cm³/mol. The minimum absolute atomic E-state index is 0.0174. The summed E-state index contributed by atoms with van der Waals surface area (Å²) in [5.74, 6) is -0.238. The van der Waals surface area contributed by atoms with Crippen LogP contribution in [-0.4, -0.2) is 33.9 Å². The monoisotopic (exact) mass is 495 g/mol. The highest BCUT2D eigenvalue weighted by Crippen LogP contribution is 2.42. The third-order valence-electron chi connectivity index (χ3n) is 7.03. The second-order valence-corrected chi connectivity index (χ2v) is 9.98. The Kier molecular flexibility index (Phi) is 5.65. The van der Waals surface area contributed by atoms with Crippen molar-refractivity contribution in [3.05, 3.63) is 119 Å². The first kappa shape index (κ1) is 22.6. The maximum Gasteiger partial charge on any atom is 0.254 e. The molecule has 0 spiro atoms. The SMILES string of the molecule is Cc1ccc(C2c3cccn3-c3ccccc3N2C(=O)CN(C(=O)c2ccc(Cl)cc2)C2CC2)cc1. The van der Waals surface area contributed by atoms with Gasteiger partial charge in [-0.3, -0.25) is 14.5 Å². The number of carbonyl (C=O) groups is 2. The number of fused-ring (bicyclic) bond motifs is 3. The normalized spacial score (nSPS) is 16.3. The van der Waals surface area contributed by atoms with Gasteiger partial charge in [-0.25, -0.2) is 0 Å². The molecule has 36 heavy (non-hydrogen) atoms. The highest BCUT2D eigenvalue weighted by molar-refractivity contribution is 6.30. The maximum atomic E-state index is 14.2. The van der Waals surface area contributed by atoms with Crippen molar-refractivity contribution in [2.45, 2.75) is 31.8 Å². The molecular formula is C30H26ClN3O2. The molecular weight excluding hydrogens is 470 g/mol. The molecule has 1 aliphatic heterocycles. The van der Waals surface area contributed by atoms with Gasteiger partial charge in [-0.2, -0.15) is 0 Å². The van der Waals surface area contributed by atoms with Crippen molar-refractivity contribution in [2.75, 3.05) is 11.4 Å². The molecule has 1 unspecified atom stereocenters. The lowest BCUT2D eigenvalue weighted by Gasteiger charge is -2.39. The predicted octanol–water partition coefficient (Wildman–Crippen LogP) is 6.18. The van der Waals surface area contributed by atoms with Crippen LogP contribution in [-0.2, 0) is 4.79 Å². The van der Waals surface area contributed by atoms with Crippen LogP contribution >= 0.6 is 11.6 Å². The Bertz CT molecular complexity index is 1440. The molecule has 1 aromatic heterocycles. The van der Waals surface area contributed by atoms with Crippen LogP contribution < -0.4 is 4.90 Å². The van der Waals surface area contributed by atoms with Crippen molar-refractivity contribution in [1.29, 1.82) is 0 Å². The molecule has 0 radical (unpaired) electrons. The van der Waals surface area contributed by atoms with Gasteiger partial charge >= 0.3 is 0 Å². The number of halogens is 1. The van der Waals surface area contributed by atoms with E-state index in [0.29, 0.717) is 10.6 Å². The lowest BCUT2D eigenvalue weighted by Crippen LogP contribution is -2.47. The number of aromatic nitrogens is 1. The van der Waals surface area contributed by atoms with E-state index in [0.717, 1.165) is 41.0 Å². The van der Waals surface area contributed by atoms with E-state index in [1.807, 2.05) is 41.4 Å². The molecule has 0 N–H and O–H groups in total. The molecule has 1 atom stereocenters. The number of hydrogen-bond acceptors (Lipinski definition) is 2. The van der Waals surface area contributed by atoms with Crippen LogP contribution in [0.4, 0.5) is 5.69 Å². The van der Waals surface area contributed by atoms with Gasteiger partial charge in [0.05, 0.1) is 17.1 Å². The Morgan fingerprint density at radius 1 is 0.889 bits per heavy atom. The lowest BCUT2D eigenvalue weighted by atomic mass is 9.97. The lowest BCUT2D eigenvalue weighted by molar-refractivity contribution is -0.119. The van der Waals surface area contributed by atoms with Crippen LogP contribution in [0, 0.1) is 6.92 Å². The van der Waals surface area contributed by atoms with Crippen molar-refractivity contribution in [3.63, 3.8) is 0 Å². The third-order valence-corrected chi connectivity index (χ3v) is 7.28. The Labute approximate surface area is 215 Å². The molecule has 2 heterocycles. The van der Waals surface area contributed by atoms with Gasteiger partial charge in [0.1, 0.15) is 12.6 Å². The zero-order chi connectivity index (χ0) is 24.8. The smallest absolute Gasteiger partial charge is 0.254 e. The van der Waals surface area contributed by atoms with Crippen LogP contribution in [0.3, 0.4) is 0 Å². The van der Waals surface area contributed by atoms with E-state index in [2.05, 4.69) is 41.8 Å². The summed E-state index contributed by atoms with van der Waals surface area (Å²) >= 11 is 6.03. The minimum Gasteiger partial charge on any atom is -0.326 e. The van der Waals surface area contributed by atoms with E-state index in [1.165, 1.54) is 0 Å². The minimum atomic E-state index is -0.297. The molecule has 6 rings (SSSR count). The van der Waals surface area contributed by atoms with Crippen molar-refractivity contribution in [3.8, 4) is 5.69 Å². The quantitative estimate of drug-likeness (QED) is 0.332. The average Bonchev–Trinajstić information content (AvgIpc) is 3.62. The second-order valence-electron chi connectivity index (χ2n) is 9.54. The van der Waals surface area contributed by atoms with Gasteiger partial charge in [0.2, 0.25) is 5.91 Å². The fourth-order valence-electron chi connectivity index (χ4n) is 5.06. The molecule has 1 saturated carbocycles. The van der Waals surface area contributed by atoms with E-state index in [4.69, 9.17) is 11.6 Å². The van der Waals surface area contributed by atoms with Gasteiger partial charge in [-0.15, -0.1) is 0 Å². The largest absolute Gasteiger partial charge is 0.326 e. The molecule has 1 fully saturated rings. The van der Waals surface area contributed by atoms with Gasteiger partial charge in [-0.1, -0.05) is 53.6 Å². The van der Waals surface area contributed by atoms with Crippen molar-refractivity contribution < 1.29 is 9.59 Å². The first-order chi connectivity index (χ1) is 17.5. The zero-order valence-corrected chi connectivity index (χ0v) is 20.7. The number of anilines is 1. The molecule has 5 nitrogen and oxygen atoms in total. The number of para-hydroxylation sites is 2. The van der Waals surface area contributed by atoms with Crippen molar-refractivity contribution in [1.82, 2.24) is 9.47 Å². The Hall–Kier alpha value is -3.83. The van der Waals surface area contributed by atoms with Crippen molar-refractivity contribution >= 4 is 29.1 Å².